The zero-order valence-electron chi connectivity index (χ0n) is 17.2. The highest BCUT2D eigenvalue weighted by atomic mass is 16.5. The van der Waals surface area contributed by atoms with Gasteiger partial charge in [-0.1, -0.05) is 31.2 Å². The Morgan fingerprint density at radius 1 is 1.10 bits per heavy atom. The number of ether oxygens (including phenoxy) is 1. The molecular weight excluding hydrogens is 374 g/mol. The van der Waals surface area contributed by atoms with Gasteiger partial charge in [-0.3, -0.25) is 10.3 Å². The Bertz CT molecular complexity index is 1140. The molecule has 1 atom stereocenters. The topological polar surface area (TPSA) is 68.5 Å². The lowest BCUT2D eigenvalue weighted by molar-refractivity contribution is -0.361. The van der Waals surface area contributed by atoms with Crippen LogP contribution in [0.25, 0.3) is 10.9 Å². The number of aromatic nitrogens is 2. The Morgan fingerprint density at radius 2 is 1.93 bits per heavy atom. The molecule has 30 heavy (non-hydrogen) atoms. The number of fused-ring (bicyclic) bond motifs is 1. The predicted molar refractivity (Wildman–Crippen MR) is 119 cm³/mol. The van der Waals surface area contributed by atoms with E-state index in [1.165, 1.54) is 0 Å². The number of benzene rings is 2. The van der Waals surface area contributed by atoms with Crippen LogP contribution in [0.1, 0.15) is 36.1 Å². The summed E-state index contributed by atoms with van der Waals surface area (Å²) in [7, 11) is 0. The lowest BCUT2D eigenvalue weighted by atomic mass is 9.96. The maximum Gasteiger partial charge on any atom is 0.273 e. The molecule has 0 saturated carbocycles. The van der Waals surface area contributed by atoms with Gasteiger partial charge in [0.05, 0.1) is 12.8 Å². The van der Waals surface area contributed by atoms with E-state index in [0.717, 1.165) is 40.1 Å². The maximum absolute atomic E-state index is 11.0. The molecule has 2 heterocycles. The summed E-state index contributed by atoms with van der Waals surface area (Å²) in [4.78, 5) is 7.62. The highest BCUT2D eigenvalue weighted by Gasteiger charge is 2.24. The first-order chi connectivity index (χ1) is 14.7. The minimum Gasteiger partial charge on any atom is -0.505 e. The molecule has 3 N–H and O–H groups in total. The number of nitrogens with one attached hydrogen (secondary N) is 2. The lowest BCUT2D eigenvalue weighted by Gasteiger charge is -2.18. The van der Waals surface area contributed by atoms with Crippen LogP contribution < -0.4 is 15.0 Å². The van der Waals surface area contributed by atoms with E-state index in [2.05, 4.69) is 22.2 Å². The number of H-pyrrole nitrogens is 1. The normalized spacial score (nSPS) is 11.9. The smallest absolute Gasteiger partial charge is 0.273 e. The molecule has 0 radical (unpaired) electrons. The molecule has 2 aromatic carbocycles. The molecule has 0 saturated heterocycles. The average Bonchev–Trinajstić information content (AvgIpc) is 2.77. The van der Waals surface area contributed by atoms with Crippen molar-refractivity contribution in [3.8, 4) is 11.5 Å². The largest absolute Gasteiger partial charge is 0.505 e. The van der Waals surface area contributed by atoms with Crippen LogP contribution in [0.2, 0.25) is 0 Å². The number of aromatic amines is 1. The summed E-state index contributed by atoms with van der Waals surface area (Å²) in [5.74, 6) is 1.89. The van der Waals surface area contributed by atoms with E-state index in [1.807, 2.05) is 73.8 Å². The quantitative estimate of drug-likeness (QED) is 0.455. The first kappa shape index (κ1) is 19.7. The molecule has 152 valence electrons. The third kappa shape index (κ3) is 4.20. The van der Waals surface area contributed by atoms with Crippen LogP contribution in [0, 0.1) is 6.92 Å². The molecule has 0 aliphatic heterocycles. The van der Waals surface area contributed by atoms with Gasteiger partial charge < -0.3 is 9.84 Å². The van der Waals surface area contributed by atoms with Crippen LogP contribution in [0.4, 0.5) is 5.82 Å². The number of rotatable bonds is 7. The van der Waals surface area contributed by atoms with E-state index in [0.29, 0.717) is 12.1 Å². The number of phenolic OH excluding ortho intramolecular Hbond substituents is 1. The highest BCUT2D eigenvalue weighted by molar-refractivity contribution is 5.86. The second kappa shape index (κ2) is 8.82. The Morgan fingerprint density at radius 3 is 2.70 bits per heavy atom. The SMILES string of the molecule is CCCOc1ccc([C@H](Nc2cc(C)cc[nH+]2)c2ccc3cccnc3c2O)cc1. The summed E-state index contributed by atoms with van der Waals surface area (Å²) in [6.45, 7) is 4.82. The van der Waals surface area contributed by atoms with Crippen LogP contribution >= 0.6 is 0 Å². The minimum absolute atomic E-state index is 0.185. The number of aryl methyl sites for hydroxylation is 1. The van der Waals surface area contributed by atoms with Crippen molar-refractivity contribution in [3.05, 3.63) is 89.7 Å². The summed E-state index contributed by atoms with van der Waals surface area (Å²) in [5, 5.41) is 15.5. The second-order valence-corrected chi connectivity index (χ2v) is 7.35. The van der Waals surface area contributed by atoms with Gasteiger partial charge in [0.2, 0.25) is 0 Å². The van der Waals surface area contributed by atoms with Crippen LogP contribution in [0.5, 0.6) is 11.5 Å². The standard InChI is InChI=1S/C25H25N3O2/c1-3-15-30-20-9-6-19(7-10-20)23(28-22-16-17(2)12-14-26-22)21-11-8-18-5-4-13-27-24(18)25(21)29/h4-14,16,23,29H,3,15H2,1-2H3,(H,26,28)/p+1/t23-/m0/s1. The number of hydrogen-bond acceptors (Lipinski definition) is 4. The molecule has 4 aromatic rings. The second-order valence-electron chi connectivity index (χ2n) is 7.35. The molecule has 0 amide bonds. The molecular formula is C25H26N3O2+. The molecule has 4 rings (SSSR count). The van der Waals surface area contributed by atoms with Crippen molar-refractivity contribution >= 4 is 16.7 Å². The van der Waals surface area contributed by atoms with Crippen molar-refractivity contribution in [1.82, 2.24) is 4.98 Å². The number of pyridine rings is 2. The van der Waals surface area contributed by atoms with Crippen molar-refractivity contribution in [2.45, 2.75) is 26.3 Å². The van der Waals surface area contributed by atoms with E-state index >= 15 is 0 Å². The van der Waals surface area contributed by atoms with Crippen LogP contribution in [0.3, 0.4) is 0 Å². The van der Waals surface area contributed by atoms with Crippen LogP contribution in [-0.4, -0.2) is 16.7 Å². The number of nitrogens with zero attached hydrogens (tertiary/aromatic N) is 1. The van der Waals surface area contributed by atoms with Gasteiger partial charge >= 0.3 is 0 Å². The van der Waals surface area contributed by atoms with Crippen molar-refractivity contribution in [3.63, 3.8) is 0 Å². The van der Waals surface area contributed by atoms with Gasteiger partial charge in [-0.05, 0) is 49.2 Å². The lowest BCUT2D eigenvalue weighted by Crippen LogP contribution is -2.19. The van der Waals surface area contributed by atoms with Crippen LogP contribution in [0.15, 0.2) is 73.1 Å². The molecule has 0 unspecified atom stereocenters. The molecule has 0 bridgehead atoms. The van der Waals surface area contributed by atoms with Gasteiger partial charge in [-0.15, -0.1) is 0 Å². The molecule has 0 aliphatic carbocycles. The highest BCUT2D eigenvalue weighted by Crippen LogP contribution is 2.36. The zero-order chi connectivity index (χ0) is 20.9. The monoisotopic (exact) mass is 400 g/mol. The summed E-state index contributed by atoms with van der Waals surface area (Å²) in [6, 6.07) is 19.5. The van der Waals surface area contributed by atoms with E-state index in [-0.39, 0.29) is 11.8 Å². The molecule has 0 fully saturated rings. The van der Waals surface area contributed by atoms with Crippen molar-refractivity contribution in [2.75, 3.05) is 11.9 Å². The number of aromatic hydroxyl groups is 1. The van der Waals surface area contributed by atoms with E-state index in [4.69, 9.17) is 4.74 Å². The Hall–Kier alpha value is -3.60. The summed E-state index contributed by atoms with van der Waals surface area (Å²) in [6.07, 6.45) is 4.56. The third-order valence-corrected chi connectivity index (χ3v) is 5.03. The van der Waals surface area contributed by atoms with Gasteiger partial charge in [0, 0.05) is 28.8 Å². The van der Waals surface area contributed by atoms with Crippen LogP contribution in [-0.2, 0) is 0 Å². The van der Waals surface area contributed by atoms with Gasteiger partial charge in [0.15, 0.2) is 0 Å². The van der Waals surface area contributed by atoms with Crippen molar-refractivity contribution in [1.29, 1.82) is 0 Å². The van der Waals surface area contributed by atoms with Gasteiger partial charge in [0.1, 0.15) is 23.1 Å². The summed E-state index contributed by atoms with van der Waals surface area (Å²) >= 11 is 0. The fourth-order valence-electron chi connectivity index (χ4n) is 3.51. The average molecular weight is 401 g/mol. The van der Waals surface area contributed by atoms with E-state index in [9.17, 15) is 5.11 Å². The first-order valence-corrected chi connectivity index (χ1v) is 10.2. The van der Waals surface area contributed by atoms with Crippen molar-refractivity contribution < 1.29 is 14.8 Å². The molecule has 0 spiro atoms. The van der Waals surface area contributed by atoms with E-state index in [1.54, 1.807) is 6.20 Å². The Kier molecular flexibility index (Phi) is 5.80. The number of hydrogen-bond donors (Lipinski definition) is 2. The Labute approximate surface area is 176 Å². The third-order valence-electron chi connectivity index (χ3n) is 5.03. The number of anilines is 1. The minimum atomic E-state index is -0.269. The summed E-state index contributed by atoms with van der Waals surface area (Å²) < 4.78 is 5.73. The molecule has 0 aliphatic rings. The van der Waals surface area contributed by atoms with Gasteiger partial charge in [-0.25, -0.2) is 4.98 Å². The first-order valence-electron chi connectivity index (χ1n) is 10.2. The molecule has 2 aromatic heterocycles. The summed E-state index contributed by atoms with van der Waals surface area (Å²) in [5.41, 5.74) is 3.51. The number of phenols is 1. The van der Waals surface area contributed by atoms with Gasteiger partial charge in [0.25, 0.3) is 5.82 Å². The molecule has 5 nitrogen and oxygen atoms in total. The van der Waals surface area contributed by atoms with Gasteiger partial charge in [-0.2, -0.15) is 0 Å². The predicted octanol–water partition coefficient (Wildman–Crippen LogP) is 5.05. The Balaban J connectivity index is 1.76. The molecule has 5 heteroatoms. The van der Waals surface area contributed by atoms with E-state index < -0.39 is 0 Å². The van der Waals surface area contributed by atoms with Crippen molar-refractivity contribution in [2.24, 2.45) is 0 Å². The zero-order valence-corrected chi connectivity index (χ0v) is 17.2. The fourth-order valence-corrected chi connectivity index (χ4v) is 3.51. The fraction of sp³-hybridized carbons (Fsp3) is 0.200. The maximum atomic E-state index is 11.0.